The van der Waals surface area contributed by atoms with Crippen molar-refractivity contribution in [3.63, 3.8) is 0 Å². The standard InChI is InChI=1S/C19H17Cl2NO5/c1-25-16-7-3-12(9-17(16)26-2)4-8-19(24)27-11-18(23)22-15-10-13(20)5-6-14(15)21/h3-10H,11H2,1-2H3,(H,22,23). The van der Waals surface area contributed by atoms with Crippen molar-refractivity contribution in [1.82, 2.24) is 0 Å². The van der Waals surface area contributed by atoms with Gasteiger partial charge in [0.2, 0.25) is 0 Å². The number of rotatable bonds is 7. The SMILES string of the molecule is COc1ccc(C=CC(=O)OCC(=O)Nc2cc(Cl)ccc2Cl)cc1OC. The number of hydrogen-bond donors (Lipinski definition) is 1. The number of methoxy groups -OCH3 is 2. The maximum Gasteiger partial charge on any atom is 0.331 e. The minimum absolute atomic E-state index is 0.326. The van der Waals surface area contributed by atoms with Crippen LogP contribution in [-0.2, 0) is 14.3 Å². The Balaban J connectivity index is 1.89. The van der Waals surface area contributed by atoms with E-state index in [1.807, 2.05) is 0 Å². The molecule has 0 aliphatic rings. The fourth-order valence-corrected chi connectivity index (χ4v) is 2.42. The van der Waals surface area contributed by atoms with Gasteiger partial charge in [-0.3, -0.25) is 4.79 Å². The summed E-state index contributed by atoms with van der Waals surface area (Å²) >= 11 is 11.8. The van der Waals surface area contributed by atoms with Gasteiger partial charge in [-0.05, 0) is 42.0 Å². The van der Waals surface area contributed by atoms with Crippen molar-refractivity contribution in [3.8, 4) is 11.5 Å². The predicted molar refractivity (Wildman–Crippen MR) is 105 cm³/mol. The summed E-state index contributed by atoms with van der Waals surface area (Å²) in [5.41, 5.74) is 1.05. The lowest BCUT2D eigenvalue weighted by Crippen LogP contribution is -2.20. The first kappa shape index (κ1) is 20.6. The topological polar surface area (TPSA) is 73.9 Å². The number of carbonyl (C=O) groups is 2. The van der Waals surface area contributed by atoms with Crippen LogP contribution >= 0.6 is 23.2 Å². The Morgan fingerprint density at radius 2 is 1.78 bits per heavy atom. The molecule has 0 aliphatic carbocycles. The van der Waals surface area contributed by atoms with Crippen LogP contribution in [0.1, 0.15) is 5.56 Å². The molecule has 0 saturated heterocycles. The van der Waals surface area contributed by atoms with Gasteiger partial charge in [-0.2, -0.15) is 0 Å². The molecule has 0 heterocycles. The first-order chi connectivity index (χ1) is 12.9. The third-order valence-corrected chi connectivity index (χ3v) is 3.93. The molecule has 2 aromatic rings. The highest BCUT2D eigenvalue weighted by Gasteiger charge is 2.09. The summed E-state index contributed by atoms with van der Waals surface area (Å²) in [6.07, 6.45) is 2.75. The molecule has 0 spiro atoms. The second kappa shape index (κ2) is 9.85. The summed E-state index contributed by atoms with van der Waals surface area (Å²) < 4.78 is 15.2. The number of carbonyl (C=O) groups excluding carboxylic acids is 2. The summed E-state index contributed by atoms with van der Waals surface area (Å²) in [5.74, 6) is -0.0940. The smallest absolute Gasteiger partial charge is 0.331 e. The number of benzene rings is 2. The lowest BCUT2D eigenvalue weighted by Gasteiger charge is -2.08. The van der Waals surface area contributed by atoms with E-state index in [2.05, 4.69) is 5.32 Å². The summed E-state index contributed by atoms with van der Waals surface area (Å²) in [6, 6.07) is 9.82. The highest BCUT2D eigenvalue weighted by atomic mass is 35.5. The number of esters is 1. The summed E-state index contributed by atoms with van der Waals surface area (Å²) in [5, 5.41) is 3.27. The number of hydrogen-bond acceptors (Lipinski definition) is 5. The molecule has 0 aromatic heterocycles. The number of nitrogens with one attached hydrogen (secondary N) is 1. The van der Waals surface area contributed by atoms with Crippen molar-refractivity contribution in [1.29, 1.82) is 0 Å². The Hall–Kier alpha value is -2.70. The van der Waals surface area contributed by atoms with Crippen molar-refractivity contribution in [2.24, 2.45) is 0 Å². The highest BCUT2D eigenvalue weighted by molar-refractivity contribution is 6.35. The number of amides is 1. The molecule has 0 fully saturated rings. The van der Waals surface area contributed by atoms with Crippen molar-refractivity contribution < 1.29 is 23.8 Å². The lowest BCUT2D eigenvalue weighted by molar-refractivity contribution is -0.142. The van der Waals surface area contributed by atoms with Crippen molar-refractivity contribution in [2.45, 2.75) is 0 Å². The normalized spacial score (nSPS) is 10.5. The number of ether oxygens (including phenoxy) is 3. The van der Waals surface area contributed by atoms with E-state index in [1.54, 1.807) is 30.3 Å². The van der Waals surface area contributed by atoms with E-state index in [0.717, 1.165) is 0 Å². The molecule has 0 saturated carbocycles. The summed E-state index contributed by atoms with van der Waals surface area (Å²) in [7, 11) is 3.05. The van der Waals surface area contributed by atoms with Crippen LogP contribution < -0.4 is 14.8 Å². The van der Waals surface area contributed by atoms with E-state index in [0.29, 0.717) is 32.8 Å². The van der Waals surface area contributed by atoms with E-state index in [9.17, 15) is 9.59 Å². The molecule has 142 valence electrons. The van der Waals surface area contributed by atoms with Crippen LogP contribution in [-0.4, -0.2) is 32.7 Å². The molecule has 8 heteroatoms. The molecule has 0 radical (unpaired) electrons. The third kappa shape index (κ3) is 6.20. The fourth-order valence-electron chi connectivity index (χ4n) is 2.09. The second-order valence-electron chi connectivity index (χ2n) is 5.23. The van der Waals surface area contributed by atoms with E-state index < -0.39 is 18.5 Å². The molecule has 6 nitrogen and oxygen atoms in total. The molecule has 0 bridgehead atoms. The van der Waals surface area contributed by atoms with Gasteiger partial charge in [0.15, 0.2) is 18.1 Å². The van der Waals surface area contributed by atoms with Gasteiger partial charge in [-0.15, -0.1) is 0 Å². The van der Waals surface area contributed by atoms with Crippen molar-refractivity contribution >= 4 is 46.8 Å². The van der Waals surface area contributed by atoms with Gasteiger partial charge in [-0.25, -0.2) is 4.79 Å². The van der Waals surface area contributed by atoms with E-state index in [4.69, 9.17) is 37.4 Å². The first-order valence-electron chi connectivity index (χ1n) is 7.74. The molecule has 2 rings (SSSR count). The van der Waals surface area contributed by atoms with Crippen LogP contribution in [0.5, 0.6) is 11.5 Å². The molecule has 1 amide bonds. The van der Waals surface area contributed by atoms with E-state index in [-0.39, 0.29) is 0 Å². The first-order valence-corrected chi connectivity index (χ1v) is 8.50. The van der Waals surface area contributed by atoms with Crippen molar-refractivity contribution in [2.75, 3.05) is 26.1 Å². The predicted octanol–water partition coefficient (Wildman–Crippen LogP) is 4.21. The lowest BCUT2D eigenvalue weighted by atomic mass is 10.2. The summed E-state index contributed by atoms with van der Waals surface area (Å²) in [4.78, 5) is 23.6. The van der Waals surface area contributed by atoms with Gasteiger partial charge in [0.05, 0.1) is 24.9 Å². The quantitative estimate of drug-likeness (QED) is 0.547. The molecule has 0 atom stereocenters. The minimum Gasteiger partial charge on any atom is -0.493 e. The number of halogens is 2. The Morgan fingerprint density at radius 1 is 1.04 bits per heavy atom. The largest absolute Gasteiger partial charge is 0.493 e. The Kier molecular flexibility index (Phi) is 7.52. The second-order valence-corrected chi connectivity index (χ2v) is 6.07. The average Bonchev–Trinajstić information content (AvgIpc) is 2.67. The maximum absolute atomic E-state index is 11.9. The highest BCUT2D eigenvalue weighted by Crippen LogP contribution is 2.28. The van der Waals surface area contributed by atoms with Crippen LogP contribution in [0.4, 0.5) is 5.69 Å². The molecule has 1 N–H and O–H groups in total. The van der Waals surface area contributed by atoms with Crippen LogP contribution in [0.15, 0.2) is 42.5 Å². The molecular weight excluding hydrogens is 393 g/mol. The molecular formula is C19H17Cl2NO5. The summed E-state index contributed by atoms with van der Waals surface area (Å²) in [6.45, 7) is -0.460. The Labute approximate surface area is 166 Å². The van der Waals surface area contributed by atoms with Gasteiger partial charge < -0.3 is 19.5 Å². The zero-order chi connectivity index (χ0) is 19.8. The zero-order valence-electron chi connectivity index (χ0n) is 14.6. The fraction of sp³-hybridized carbons (Fsp3) is 0.158. The minimum atomic E-state index is -0.669. The van der Waals surface area contributed by atoms with Gasteiger partial charge in [-0.1, -0.05) is 29.3 Å². The van der Waals surface area contributed by atoms with E-state index >= 15 is 0 Å². The van der Waals surface area contributed by atoms with Crippen LogP contribution in [0.3, 0.4) is 0 Å². The van der Waals surface area contributed by atoms with Gasteiger partial charge in [0.1, 0.15) is 0 Å². The van der Waals surface area contributed by atoms with Crippen LogP contribution in [0.25, 0.3) is 6.08 Å². The van der Waals surface area contributed by atoms with Crippen LogP contribution in [0.2, 0.25) is 10.0 Å². The molecule has 2 aromatic carbocycles. The zero-order valence-corrected chi connectivity index (χ0v) is 16.1. The van der Waals surface area contributed by atoms with Gasteiger partial charge in [0.25, 0.3) is 5.91 Å². The third-order valence-electron chi connectivity index (χ3n) is 3.37. The Bertz CT molecular complexity index is 867. The number of anilines is 1. The van der Waals surface area contributed by atoms with Crippen molar-refractivity contribution in [3.05, 3.63) is 58.1 Å². The maximum atomic E-state index is 11.9. The molecule has 0 unspecified atom stereocenters. The average molecular weight is 410 g/mol. The van der Waals surface area contributed by atoms with Crippen LogP contribution in [0, 0.1) is 0 Å². The van der Waals surface area contributed by atoms with Gasteiger partial charge in [0, 0.05) is 11.1 Å². The monoisotopic (exact) mass is 409 g/mol. The van der Waals surface area contributed by atoms with Gasteiger partial charge >= 0.3 is 5.97 Å². The Morgan fingerprint density at radius 3 is 2.48 bits per heavy atom. The molecule has 0 aliphatic heterocycles. The molecule has 27 heavy (non-hydrogen) atoms. The van der Waals surface area contributed by atoms with E-state index in [1.165, 1.54) is 32.4 Å².